The number of hydrogen-bond donors (Lipinski definition) is 1. The van der Waals surface area contributed by atoms with Crippen molar-refractivity contribution >= 4 is 33.2 Å². The standard InChI is InChI=1S/C7H6BrClF2N2/c8-1-3-4(12)2-13-6(5(3)9)7(10)11/h2,7H,1,12H2. The summed E-state index contributed by atoms with van der Waals surface area (Å²) in [7, 11) is 0. The fourth-order valence-corrected chi connectivity index (χ4v) is 1.92. The Kier molecular flexibility index (Phi) is 3.44. The van der Waals surface area contributed by atoms with E-state index in [1.807, 2.05) is 0 Å². The molecule has 6 heteroatoms. The Morgan fingerprint density at radius 1 is 1.62 bits per heavy atom. The molecule has 0 unspecified atom stereocenters. The normalized spacial score (nSPS) is 10.8. The fourth-order valence-electron chi connectivity index (χ4n) is 0.843. The van der Waals surface area contributed by atoms with Crippen LogP contribution in [0.3, 0.4) is 0 Å². The molecule has 0 aliphatic carbocycles. The highest BCUT2D eigenvalue weighted by molar-refractivity contribution is 9.08. The van der Waals surface area contributed by atoms with Crippen LogP contribution in [0.25, 0.3) is 0 Å². The minimum absolute atomic E-state index is 0.0631. The number of nitrogen functional groups attached to an aromatic ring is 1. The first kappa shape index (κ1) is 10.7. The Morgan fingerprint density at radius 3 is 2.69 bits per heavy atom. The smallest absolute Gasteiger partial charge is 0.281 e. The molecule has 0 atom stereocenters. The summed E-state index contributed by atoms with van der Waals surface area (Å²) >= 11 is 8.76. The molecule has 0 radical (unpaired) electrons. The van der Waals surface area contributed by atoms with E-state index in [1.54, 1.807) is 0 Å². The lowest BCUT2D eigenvalue weighted by atomic mass is 10.2. The predicted molar refractivity (Wildman–Crippen MR) is 51.2 cm³/mol. The van der Waals surface area contributed by atoms with Crippen LogP contribution in [0.2, 0.25) is 5.02 Å². The molecule has 1 heterocycles. The van der Waals surface area contributed by atoms with Gasteiger partial charge in [-0.1, -0.05) is 27.5 Å². The van der Waals surface area contributed by atoms with E-state index in [0.717, 1.165) is 0 Å². The van der Waals surface area contributed by atoms with Crippen molar-refractivity contribution in [2.75, 3.05) is 5.73 Å². The zero-order valence-electron chi connectivity index (χ0n) is 6.40. The molecule has 0 amide bonds. The van der Waals surface area contributed by atoms with Gasteiger partial charge >= 0.3 is 0 Å². The summed E-state index contributed by atoms with van der Waals surface area (Å²) in [6, 6.07) is 0. The fraction of sp³-hybridized carbons (Fsp3) is 0.286. The van der Waals surface area contributed by atoms with Crippen LogP contribution in [-0.4, -0.2) is 4.98 Å². The maximum atomic E-state index is 12.3. The Labute approximate surface area is 87.2 Å². The molecule has 2 N–H and O–H groups in total. The molecule has 0 spiro atoms. The summed E-state index contributed by atoms with van der Waals surface area (Å²) in [4.78, 5) is 3.46. The Morgan fingerprint density at radius 2 is 2.23 bits per heavy atom. The van der Waals surface area contributed by atoms with Crippen molar-refractivity contribution in [2.24, 2.45) is 0 Å². The molecule has 0 aliphatic rings. The molecule has 1 rings (SSSR count). The van der Waals surface area contributed by atoms with Crippen molar-refractivity contribution in [2.45, 2.75) is 11.8 Å². The number of anilines is 1. The zero-order chi connectivity index (χ0) is 10.0. The number of aromatic nitrogens is 1. The van der Waals surface area contributed by atoms with Gasteiger partial charge in [0.25, 0.3) is 6.43 Å². The van der Waals surface area contributed by atoms with Gasteiger partial charge in [-0.15, -0.1) is 0 Å². The average Bonchev–Trinajstić information content (AvgIpc) is 2.04. The zero-order valence-corrected chi connectivity index (χ0v) is 8.74. The average molecular weight is 271 g/mol. The first-order valence-corrected chi connectivity index (χ1v) is 4.84. The van der Waals surface area contributed by atoms with E-state index in [9.17, 15) is 8.78 Å². The van der Waals surface area contributed by atoms with E-state index < -0.39 is 12.1 Å². The van der Waals surface area contributed by atoms with Crippen LogP contribution < -0.4 is 5.73 Å². The number of halogens is 4. The number of nitrogens with two attached hydrogens (primary N) is 1. The van der Waals surface area contributed by atoms with Gasteiger partial charge in [0.15, 0.2) is 0 Å². The van der Waals surface area contributed by atoms with Gasteiger partial charge in [0.1, 0.15) is 5.69 Å². The van der Waals surface area contributed by atoms with Crippen LogP contribution in [0, 0.1) is 0 Å². The summed E-state index contributed by atoms with van der Waals surface area (Å²) < 4.78 is 24.5. The molecular weight excluding hydrogens is 265 g/mol. The number of nitrogens with zero attached hydrogens (tertiary/aromatic N) is 1. The lowest BCUT2D eigenvalue weighted by Gasteiger charge is -2.08. The predicted octanol–water partition coefficient (Wildman–Crippen LogP) is 3.15. The van der Waals surface area contributed by atoms with Gasteiger partial charge in [-0.05, 0) is 0 Å². The second-order valence-electron chi connectivity index (χ2n) is 2.33. The topological polar surface area (TPSA) is 38.9 Å². The molecule has 0 saturated carbocycles. The van der Waals surface area contributed by atoms with Crippen molar-refractivity contribution in [3.8, 4) is 0 Å². The first-order valence-electron chi connectivity index (χ1n) is 3.34. The summed E-state index contributed by atoms with van der Waals surface area (Å²) in [5.74, 6) is 0. The van der Waals surface area contributed by atoms with Gasteiger partial charge < -0.3 is 5.73 Å². The van der Waals surface area contributed by atoms with Crippen LogP contribution in [-0.2, 0) is 5.33 Å². The third kappa shape index (κ3) is 2.08. The van der Waals surface area contributed by atoms with Crippen LogP contribution in [0.15, 0.2) is 6.20 Å². The molecule has 0 bridgehead atoms. The molecule has 1 aromatic heterocycles. The van der Waals surface area contributed by atoms with E-state index in [2.05, 4.69) is 20.9 Å². The van der Waals surface area contributed by atoms with E-state index >= 15 is 0 Å². The molecule has 1 aromatic rings. The minimum Gasteiger partial charge on any atom is -0.397 e. The second kappa shape index (κ2) is 4.19. The third-order valence-electron chi connectivity index (χ3n) is 1.52. The maximum absolute atomic E-state index is 12.3. The molecular formula is C7H6BrClF2N2. The Bertz CT molecular complexity index is 320. The van der Waals surface area contributed by atoms with Gasteiger partial charge in [-0.25, -0.2) is 8.78 Å². The van der Waals surface area contributed by atoms with Crippen molar-refractivity contribution in [1.29, 1.82) is 0 Å². The SMILES string of the molecule is Nc1cnc(C(F)F)c(Cl)c1CBr. The second-order valence-corrected chi connectivity index (χ2v) is 3.26. The lowest BCUT2D eigenvalue weighted by Crippen LogP contribution is -2.00. The van der Waals surface area contributed by atoms with Crippen molar-refractivity contribution in [3.63, 3.8) is 0 Å². The summed E-state index contributed by atoms with van der Waals surface area (Å²) in [5, 5.41) is 0.270. The van der Waals surface area contributed by atoms with Crippen LogP contribution in [0.4, 0.5) is 14.5 Å². The van der Waals surface area contributed by atoms with Crippen LogP contribution in [0.5, 0.6) is 0 Å². The van der Waals surface area contributed by atoms with E-state index in [0.29, 0.717) is 16.6 Å². The van der Waals surface area contributed by atoms with E-state index in [4.69, 9.17) is 17.3 Å². The Hall–Kier alpha value is -0.420. The van der Waals surface area contributed by atoms with Gasteiger partial charge in [-0.3, -0.25) is 4.98 Å². The third-order valence-corrected chi connectivity index (χ3v) is 2.50. The van der Waals surface area contributed by atoms with Gasteiger partial charge in [0.05, 0.1) is 16.9 Å². The molecule has 13 heavy (non-hydrogen) atoms. The Balaban J connectivity index is 3.27. The van der Waals surface area contributed by atoms with Crippen molar-refractivity contribution < 1.29 is 8.78 Å². The van der Waals surface area contributed by atoms with Crippen LogP contribution >= 0.6 is 27.5 Å². The molecule has 0 saturated heterocycles. The number of pyridine rings is 1. The van der Waals surface area contributed by atoms with Gasteiger partial charge in [0, 0.05) is 10.9 Å². The maximum Gasteiger partial charge on any atom is 0.281 e. The highest BCUT2D eigenvalue weighted by atomic mass is 79.9. The lowest BCUT2D eigenvalue weighted by molar-refractivity contribution is 0.146. The van der Waals surface area contributed by atoms with Crippen molar-refractivity contribution in [3.05, 3.63) is 22.5 Å². The summed E-state index contributed by atoms with van der Waals surface area (Å²) in [5.41, 5.74) is 5.82. The van der Waals surface area contributed by atoms with Gasteiger partial charge in [0.2, 0.25) is 0 Å². The number of hydrogen-bond acceptors (Lipinski definition) is 2. The molecule has 0 fully saturated rings. The van der Waals surface area contributed by atoms with Crippen molar-refractivity contribution in [1.82, 2.24) is 4.98 Å². The minimum atomic E-state index is -2.68. The highest BCUT2D eigenvalue weighted by Gasteiger charge is 2.17. The first-order chi connectivity index (χ1) is 6.07. The number of rotatable bonds is 2. The monoisotopic (exact) mass is 270 g/mol. The quantitative estimate of drug-likeness (QED) is 0.839. The highest BCUT2D eigenvalue weighted by Crippen LogP contribution is 2.31. The van der Waals surface area contributed by atoms with E-state index in [-0.39, 0.29) is 5.02 Å². The largest absolute Gasteiger partial charge is 0.397 e. The van der Waals surface area contributed by atoms with E-state index in [1.165, 1.54) is 6.20 Å². The molecule has 2 nitrogen and oxygen atoms in total. The summed E-state index contributed by atoms with van der Waals surface area (Å²) in [6.45, 7) is 0. The summed E-state index contributed by atoms with van der Waals surface area (Å²) in [6.07, 6.45) is -1.49. The molecule has 72 valence electrons. The molecule has 0 aliphatic heterocycles. The number of alkyl halides is 3. The van der Waals surface area contributed by atoms with Gasteiger partial charge in [-0.2, -0.15) is 0 Å². The molecule has 0 aromatic carbocycles. The van der Waals surface area contributed by atoms with Crippen LogP contribution in [0.1, 0.15) is 17.7 Å².